The lowest BCUT2D eigenvalue weighted by Crippen LogP contribution is -2.28. The molecule has 3 aromatic rings. The molecule has 0 unspecified atom stereocenters. The first kappa shape index (κ1) is 18.2. The van der Waals surface area contributed by atoms with Crippen molar-refractivity contribution in [2.45, 2.75) is 37.3 Å². The molecule has 0 saturated carbocycles. The van der Waals surface area contributed by atoms with E-state index in [-0.39, 0.29) is 10.6 Å². The van der Waals surface area contributed by atoms with Crippen molar-refractivity contribution >= 4 is 21.3 Å². The fraction of sp³-hybridized carbons (Fsp3) is 0.333. The number of imidazole rings is 1. The molecule has 0 aliphatic heterocycles. The first-order chi connectivity index (χ1) is 12.1. The summed E-state index contributed by atoms with van der Waals surface area (Å²) in [5.74, 6) is 0.689. The zero-order valence-corrected chi connectivity index (χ0v) is 16.3. The van der Waals surface area contributed by atoms with Crippen molar-refractivity contribution in [2.24, 2.45) is 0 Å². The number of nitrogen functional groups attached to an aromatic ring is 1. The minimum atomic E-state index is -3.62. The van der Waals surface area contributed by atoms with E-state index < -0.39 is 14.6 Å². The topological polar surface area (TPSA) is 99.6 Å². The van der Waals surface area contributed by atoms with E-state index in [0.29, 0.717) is 22.9 Å². The van der Waals surface area contributed by atoms with Crippen LogP contribution < -0.4 is 10.5 Å². The molecule has 3 aromatic heterocycles. The molecule has 3 heterocycles. The average Bonchev–Trinajstić information content (AvgIpc) is 2.98. The van der Waals surface area contributed by atoms with Crippen LogP contribution in [-0.4, -0.2) is 34.6 Å². The van der Waals surface area contributed by atoms with Crippen molar-refractivity contribution in [2.75, 3.05) is 12.8 Å². The SMILES string of the molecule is COc1cc2ncc(-c3ccc(C)c(N)n3)n2cc1S(=O)(=O)C(C)(C)C. The highest BCUT2D eigenvalue weighted by Crippen LogP contribution is 2.34. The van der Waals surface area contributed by atoms with Crippen LogP contribution in [0.25, 0.3) is 17.0 Å². The summed E-state index contributed by atoms with van der Waals surface area (Å²) in [5.41, 5.74) is 8.62. The molecule has 2 N–H and O–H groups in total. The largest absolute Gasteiger partial charge is 0.495 e. The van der Waals surface area contributed by atoms with Crippen LogP contribution in [0.2, 0.25) is 0 Å². The minimum absolute atomic E-state index is 0.110. The van der Waals surface area contributed by atoms with Gasteiger partial charge in [0.05, 0.1) is 29.4 Å². The van der Waals surface area contributed by atoms with Crippen LogP contribution in [0.3, 0.4) is 0 Å². The number of fused-ring (bicyclic) bond motifs is 1. The van der Waals surface area contributed by atoms with Gasteiger partial charge in [0.1, 0.15) is 22.1 Å². The van der Waals surface area contributed by atoms with E-state index >= 15 is 0 Å². The number of pyridine rings is 2. The van der Waals surface area contributed by atoms with Crippen molar-refractivity contribution in [3.8, 4) is 17.1 Å². The Bertz CT molecular complexity index is 1100. The zero-order valence-electron chi connectivity index (χ0n) is 15.4. The van der Waals surface area contributed by atoms with Crippen LogP contribution in [0.5, 0.6) is 5.75 Å². The van der Waals surface area contributed by atoms with E-state index in [4.69, 9.17) is 10.5 Å². The van der Waals surface area contributed by atoms with E-state index in [9.17, 15) is 8.42 Å². The maximum atomic E-state index is 13.0. The van der Waals surface area contributed by atoms with Gasteiger partial charge in [-0.15, -0.1) is 0 Å². The highest BCUT2D eigenvalue weighted by molar-refractivity contribution is 7.92. The van der Waals surface area contributed by atoms with Gasteiger partial charge < -0.3 is 10.5 Å². The van der Waals surface area contributed by atoms with Gasteiger partial charge in [-0.2, -0.15) is 0 Å². The first-order valence-electron chi connectivity index (χ1n) is 8.09. The predicted molar refractivity (Wildman–Crippen MR) is 101 cm³/mol. The number of aromatic nitrogens is 3. The molecular weight excluding hydrogens is 352 g/mol. The third-order valence-electron chi connectivity index (χ3n) is 4.29. The second-order valence-electron chi connectivity index (χ2n) is 7.09. The Morgan fingerprint density at radius 2 is 1.92 bits per heavy atom. The molecule has 7 nitrogen and oxygen atoms in total. The van der Waals surface area contributed by atoms with Crippen LogP contribution in [0.15, 0.2) is 35.5 Å². The fourth-order valence-corrected chi connectivity index (χ4v) is 3.87. The van der Waals surface area contributed by atoms with Crippen LogP contribution in [0, 0.1) is 6.92 Å². The van der Waals surface area contributed by atoms with Crippen molar-refractivity contribution < 1.29 is 13.2 Å². The Morgan fingerprint density at radius 1 is 1.23 bits per heavy atom. The molecule has 0 aliphatic carbocycles. The Morgan fingerprint density at radius 3 is 2.50 bits per heavy atom. The van der Waals surface area contributed by atoms with Crippen LogP contribution in [-0.2, 0) is 9.84 Å². The number of sulfone groups is 1. The predicted octanol–water partition coefficient (Wildman–Crippen LogP) is 2.87. The van der Waals surface area contributed by atoms with Crippen molar-refractivity contribution in [3.63, 3.8) is 0 Å². The average molecular weight is 374 g/mol. The lowest BCUT2D eigenvalue weighted by atomic mass is 10.2. The number of rotatable bonds is 3. The van der Waals surface area contributed by atoms with Crippen LogP contribution in [0.1, 0.15) is 26.3 Å². The Balaban J connectivity index is 2.30. The fourth-order valence-electron chi connectivity index (χ4n) is 2.55. The summed E-state index contributed by atoms with van der Waals surface area (Å²) < 4.78 is 32.0. The van der Waals surface area contributed by atoms with E-state index in [1.54, 1.807) is 37.4 Å². The molecule has 0 aromatic carbocycles. The number of ether oxygens (including phenoxy) is 1. The van der Waals surface area contributed by atoms with E-state index in [1.165, 1.54) is 13.3 Å². The second kappa shape index (κ2) is 5.98. The number of nitrogens with zero attached hydrogens (tertiary/aromatic N) is 3. The number of anilines is 1. The number of nitrogens with two attached hydrogens (primary N) is 1. The molecule has 0 saturated heterocycles. The van der Waals surface area contributed by atoms with Gasteiger partial charge in [-0.3, -0.25) is 4.40 Å². The molecule has 138 valence electrons. The normalized spacial score (nSPS) is 12.5. The summed E-state index contributed by atoms with van der Waals surface area (Å²) in [6.07, 6.45) is 3.17. The van der Waals surface area contributed by atoms with Crippen molar-refractivity contribution in [3.05, 3.63) is 36.2 Å². The summed E-state index contributed by atoms with van der Waals surface area (Å²) in [5, 5.41) is 0. The van der Waals surface area contributed by atoms with Gasteiger partial charge in [-0.25, -0.2) is 18.4 Å². The summed E-state index contributed by atoms with van der Waals surface area (Å²) >= 11 is 0. The summed E-state index contributed by atoms with van der Waals surface area (Å²) in [4.78, 5) is 8.84. The summed E-state index contributed by atoms with van der Waals surface area (Å²) in [6, 6.07) is 5.31. The van der Waals surface area contributed by atoms with Gasteiger partial charge in [-0.1, -0.05) is 6.07 Å². The smallest absolute Gasteiger partial charge is 0.188 e. The van der Waals surface area contributed by atoms with Gasteiger partial charge >= 0.3 is 0 Å². The molecule has 0 radical (unpaired) electrons. The number of hydrogen-bond acceptors (Lipinski definition) is 6. The molecule has 0 bridgehead atoms. The maximum Gasteiger partial charge on any atom is 0.188 e. The second-order valence-corrected chi connectivity index (χ2v) is 9.76. The van der Waals surface area contributed by atoms with Crippen LogP contribution >= 0.6 is 0 Å². The van der Waals surface area contributed by atoms with E-state index in [0.717, 1.165) is 5.56 Å². The Kier molecular flexibility index (Phi) is 4.18. The third-order valence-corrected chi connectivity index (χ3v) is 6.79. The number of aryl methyl sites for hydroxylation is 1. The lowest BCUT2D eigenvalue weighted by Gasteiger charge is -2.21. The highest BCUT2D eigenvalue weighted by atomic mass is 32.2. The molecule has 0 spiro atoms. The molecule has 0 amide bonds. The third kappa shape index (κ3) is 2.80. The Hall–Kier alpha value is -2.61. The lowest BCUT2D eigenvalue weighted by molar-refractivity contribution is 0.401. The molecule has 26 heavy (non-hydrogen) atoms. The Labute approximate surface area is 152 Å². The summed E-state index contributed by atoms with van der Waals surface area (Å²) in [7, 11) is -2.18. The molecule has 0 atom stereocenters. The van der Waals surface area contributed by atoms with Gasteiger partial charge in [0.25, 0.3) is 0 Å². The van der Waals surface area contributed by atoms with Gasteiger partial charge in [0, 0.05) is 12.3 Å². The van der Waals surface area contributed by atoms with Crippen LogP contribution in [0.4, 0.5) is 5.82 Å². The molecule has 3 rings (SSSR count). The molecule has 0 fully saturated rings. The van der Waals surface area contributed by atoms with Gasteiger partial charge in [0.15, 0.2) is 9.84 Å². The van der Waals surface area contributed by atoms with Crippen molar-refractivity contribution in [1.29, 1.82) is 0 Å². The number of hydrogen-bond donors (Lipinski definition) is 1. The van der Waals surface area contributed by atoms with Gasteiger partial charge in [0.2, 0.25) is 0 Å². The standard InChI is InChI=1S/C18H22N4O3S/c1-11-6-7-12(21-17(11)19)13-9-20-16-8-14(25-5)15(10-22(13)16)26(23,24)18(2,3)4/h6-10H,1-5H3,(H2,19,21). The zero-order chi connectivity index (χ0) is 19.3. The molecule has 0 aliphatic rings. The van der Waals surface area contributed by atoms with Crippen molar-refractivity contribution in [1.82, 2.24) is 14.4 Å². The maximum absolute atomic E-state index is 13.0. The van der Waals surface area contributed by atoms with E-state index in [2.05, 4.69) is 9.97 Å². The highest BCUT2D eigenvalue weighted by Gasteiger charge is 2.34. The van der Waals surface area contributed by atoms with Gasteiger partial charge in [-0.05, 0) is 39.3 Å². The minimum Gasteiger partial charge on any atom is -0.495 e. The molecule has 8 heteroatoms. The molecular formula is C18H22N4O3S. The first-order valence-corrected chi connectivity index (χ1v) is 9.58. The van der Waals surface area contributed by atoms with E-state index in [1.807, 2.05) is 19.1 Å². The quantitative estimate of drug-likeness (QED) is 0.757. The number of methoxy groups -OCH3 is 1. The monoisotopic (exact) mass is 374 g/mol. The summed E-state index contributed by atoms with van der Waals surface area (Å²) in [6.45, 7) is 6.84.